The molecule has 0 bridgehead atoms. The highest BCUT2D eigenvalue weighted by molar-refractivity contribution is 5.85. The molecular formula is C19H29NO2. The highest BCUT2D eigenvalue weighted by Crippen LogP contribution is 2.65. The van der Waals surface area contributed by atoms with Crippen LogP contribution in [-0.4, -0.2) is 17.6 Å². The summed E-state index contributed by atoms with van der Waals surface area (Å²) >= 11 is 0. The van der Waals surface area contributed by atoms with Crippen molar-refractivity contribution in [2.45, 2.75) is 71.3 Å². The third-order valence-corrected chi connectivity index (χ3v) is 8.22. The Morgan fingerprint density at radius 1 is 1.00 bits per heavy atom. The zero-order valence-electron chi connectivity index (χ0n) is 13.9. The van der Waals surface area contributed by atoms with Crippen LogP contribution in [0.4, 0.5) is 0 Å². The number of Topliss-reactive ketones (excluding diaryl/α,β-unsaturated/α-hetero) is 2. The van der Waals surface area contributed by atoms with Gasteiger partial charge in [0.15, 0.2) is 0 Å². The van der Waals surface area contributed by atoms with Crippen LogP contribution in [0.3, 0.4) is 0 Å². The van der Waals surface area contributed by atoms with E-state index in [0.717, 1.165) is 25.7 Å². The first-order chi connectivity index (χ1) is 10.3. The van der Waals surface area contributed by atoms with Crippen LogP contribution in [0.25, 0.3) is 0 Å². The fraction of sp³-hybridized carbons (Fsp3) is 0.895. The number of nitrogens with two attached hydrogens (primary N) is 1. The van der Waals surface area contributed by atoms with E-state index in [-0.39, 0.29) is 22.7 Å². The Hall–Kier alpha value is -0.700. The van der Waals surface area contributed by atoms with Gasteiger partial charge in [-0.25, -0.2) is 0 Å². The van der Waals surface area contributed by atoms with E-state index < -0.39 is 0 Å². The standard InChI is InChI=1S/C19H29NO2/c1-18-7-5-13-12(15(18)9-11(21)10-18)3-4-14-17(20)16(22)6-8-19(13,14)2/h12-15,17H,3-10,20H2,1-2H3/t12-,13+,14+,15+,17?,18-,19-/m1/s1. The predicted octanol–water partition coefficient (Wildman–Crippen LogP) is 3.10. The van der Waals surface area contributed by atoms with Gasteiger partial charge >= 0.3 is 0 Å². The van der Waals surface area contributed by atoms with Crippen LogP contribution in [0.5, 0.6) is 0 Å². The molecule has 0 heterocycles. The summed E-state index contributed by atoms with van der Waals surface area (Å²) < 4.78 is 0. The molecule has 3 heteroatoms. The number of carbonyl (C=O) groups excluding carboxylic acids is 2. The van der Waals surface area contributed by atoms with Gasteiger partial charge in [0.1, 0.15) is 11.6 Å². The minimum atomic E-state index is -0.238. The second-order valence-electron chi connectivity index (χ2n) is 9.17. The maximum Gasteiger partial charge on any atom is 0.149 e. The number of fused-ring (bicyclic) bond motifs is 5. The van der Waals surface area contributed by atoms with Crippen molar-refractivity contribution in [2.75, 3.05) is 0 Å². The van der Waals surface area contributed by atoms with Gasteiger partial charge in [-0.15, -0.1) is 0 Å². The van der Waals surface area contributed by atoms with Crippen LogP contribution in [-0.2, 0) is 9.59 Å². The SMILES string of the molecule is C[C@]12CC[C@H]3[C@@H](CC[C@H]4C(N)C(=O)CC[C@@]43C)[C@@H]1CC(=O)C2. The molecule has 0 radical (unpaired) electrons. The van der Waals surface area contributed by atoms with E-state index in [1.807, 2.05) is 0 Å². The molecule has 0 amide bonds. The Morgan fingerprint density at radius 3 is 2.55 bits per heavy atom. The number of carbonyl (C=O) groups is 2. The molecule has 0 aromatic carbocycles. The molecule has 1 unspecified atom stereocenters. The number of hydrogen-bond donors (Lipinski definition) is 1. The van der Waals surface area contributed by atoms with E-state index in [1.165, 1.54) is 19.3 Å². The molecule has 4 aliphatic carbocycles. The summed E-state index contributed by atoms with van der Waals surface area (Å²) in [6, 6.07) is -0.238. The Labute approximate surface area is 133 Å². The largest absolute Gasteiger partial charge is 0.321 e. The molecule has 3 nitrogen and oxygen atoms in total. The van der Waals surface area contributed by atoms with Gasteiger partial charge in [0, 0.05) is 19.3 Å². The van der Waals surface area contributed by atoms with Crippen molar-refractivity contribution in [1.82, 2.24) is 0 Å². The third kappa shape index (κ3) is 1.84. The van der Waals surface area contributed by atoms with Gasteiger partial charge in [0.25, 0.3) is 0 Å². The van der Waals surface area contributed by atoms with Crippen molar-refractivity contribution in [1.29, 1.82) is 0 Å². The van der Waals surface area contributed by atoms with Crippen molar-refractivity contribution in [3.63, 3.8) is 0 Å². The van der Waals surface area contributed by atoms with Crippen LogP contribution < -0.4 is 5.73 Å². The zero-order valence-corrected chi connectivity index (χ0v) is 13.9. The highest BCUT2D eigenvalue weighted by Gasteiger charge is 2.60. The molecule has 7 atom stereocenters. The number of rotatable bonds is 0. The molecule has 2 N–H and O–H groups in total. The lowest BCUT2D eigenvalue weighted by molar-refractivity contribution is -0.141. The van der Waals surface area contributed by atoms with E-state index >= 15 is 0 Å². The zero-order chi connectivity index (χ0) is 15.7. The second kappa shape index (κ2) is 4.66. The van der Waals surface area contributed by atoms with Gasteiger partial charge in [-0.3, -0.25) is 9.59 Å². The van der Waals surface area contributed by atoms with Crippen LogP contribution in [0.15, 0.2) is 0 Å². The third-order valence-electron chi connectivity index (χ3n) is 8.22. The molecule has 4 rings (SSSR count). The summed E-state index contributed by atoms with van der Waals surface area (Å²) in [6.07, 6.45) is 7.99. The maximum absolute atomic E-state index is 12.1. The van der Waals surface area contributed by atoms with Crippen molar-refractivity contribution in [2.24, 2.45) is 40.2 Å². The summed E-state index contributed by atoms with van der Waals surface area (Å²) in [4.78, 5) is 24.1. The molecule has 4 aliphatic rings. The van der Waals surface area contributed by atoms with Crippen LogP contribution in [0.2, 0.25) is 0 Å². The Bertz CT molecular complexity index is 530. The van der Waals surface area contributed by atoms with Gasteiger partial charge in [-0.1, -0.05) is 13.8 Å². The molecule has 0 aromatic heterocycles. The van der Waals surface area contributed by atoms with Gasteiger partial charge in [-0.2, -0.15) is 0 Å². The fourth-order valence-corrected chi connectivity index (χ4v) is 7.01. The summed E-state index contributed by atoms with van der Waals surface area (Å²) in [5, 5.41) is 0. The van der Waals surface area contributed by atoms with Gasteiger partial charge in [0.2, 0.25) is 0 Å². The van der Waals surface area contributed by atoms with E-state index in [9.17, 15) is 9.59 Å². The van der Waals surface area contributed by atoms with E-state index in [1.54, 1.807) is 0 Å². The predicted molar refractivity (Wildman–Crippen MR) is 85.1 cm³/mol. The lowest BCUT2D eigenvalue weighted by Gasteiger charge is -2.60. The minimum absolute atomic E-state index is 0.225. The van der Waals surface area contributed by atoms with Gasteiger partial charge in [-0.05, 0) is 66.6 Å². The molecule has 22 heavy (non-hydrogen) atoms. The second-order valence-corrected chi connectivity index (χ2v) is 9.17. The quantitative estimate of drug-likeness (QED) is 0.748. The molecule has 4 saturated carbocycles. The van der Waals surface area contributed by atoms with Crippen molar-refractivity contribution in [3.8, 4) is 0 Å². The summed E-state index contributed by atoms with van der Waals surface area (Å²) in [5.41, 5.74) is 6.77. The Morgan fingerprint density at radius 2 is 1.77 bits per heavy atom. The first-order valence-electron chi connectivity index (χ1n) is 9.15. The van der Waals surface area contributed by atoms with Crippen LogP contribution in [0.1, 0.15) is 65.2 Å². The smallest absolute Gasteiger partial charge is 0.149 e. The average Bonchev–Trinajstić information content (AvgIpc) is 2.78. The molecule has 122 valence electrons. The maximum atomic E-state index is 12.1. The number of ketones is 2. The molecule has 4 fully saturated rings. The molecule has 0 spiro atoms. The van der Waals surface area contributed by atoms with Crippen LogP contribution >= 0.6 is 0 Å². The Kier molecular flexibility index (Phi) is 3.15. The number of hydrogen-bond acceptors (Lipinski definition) is 3. The van der Waals surface area contributed by atoms with Gasteiger partial charge < -0.3 is 5.73 Å². The normalized spacial score (nSPS) is 54.6. The first-order valence-corrected chi connectivity index (χ1v) is 9.15. The van der Waals surface area contributed by atoms with E-state index in [2.05, 4.69) is 13.8 Å². The topological polar surface area (TPSA) is 60.2 Å². The summed E-state index contributed by atoms with van der Waals surface area (Å²) in [6.45, 7) is 4.75. The monoisotopic (exact) mass is 303 g/mol. The molecule has 0 aromatic rings. The fourth-order valence-electron chi connectivity index (χ4n) is 7.01. The minimum Gasteiger partial charge on any atom is -0.321 e. The van der Waals surface area contributed by atoms with Crippen molar-refractivity contribution >= 4 is 11.6 Å². The lowest BCUT2D eigenvalue weighted by atomic mass is 9.44. The highest BCUT2D eigenvalue weighted by atomic mass is 16.1. The molecule has 0 saturated heterocycles. The molecule has 0 aliphatic heterocycles. The van der Waals surface area contributed by atoms with E-state index in [4.69, 9.17) is 5.73 Å². The van der Waals surface area contributed by atoms with Crippen molar-refractivity contribution in [3.05, 3.63) is 0 Å². The molecular weight excluding hydrogens is 274 g/mol. The Balaban J connectivity index is 1.66. The van der Waals surface area contributed by atoms with Crippen LogP contribution in [0, 0.1) is 34.5 Å². The summed E-state index contributed by atoms with van der Waals surface area (Å²) in [7, 11) is 0. The lowest BCUT2D eigenvalue weighted by Crippen LogP contribution is -2.59. The average molecular weight is 303 g/mol. The van der Waals surface area contributed by atoms with Gasteiger partial charge in [0.05, 0.1) is 6.04 Å². The van der Waals surface area contributed by atoms with Crippen molar-refractivity contribution < 1.29 is 9.59 Å². The van der Waals surface area contributed by atoms with E-state index in [0.29, 0.717) is 35.9 Å². The first kappa shape index (κ1) is 14.9. The summed E-state index contributed by atoms with van der Waals surface area (Å²) in [5.74, 6) is 3.08.